The van der Waals surface area contributed by atoms with Crippen LogP contribution < -0.4 is 10.1 Å². The van der Waals surface area contributed by atoms with Crippen molar-refractivity contribution in [3.05, 3.63) is 29.3 Å². The maximum Gasteiger partial charge on any atom is 0.251 e. The molecule has 0 radical (unpaired) electrons. The van der Waals surface area contributed by atoms with Gasteiger partial charge in [-0.1, -0.05) is 7.43 Å². The van der Waals surface area contributed by atoms with Gasteiger partial charge in [-0.2, -0.15) is 0 Å². The van der Waals surface area contributed by atoms with Crippen LogP contribution in [0.25, 0.3) is 0 Å². The molecule has 1 aromatic rings. The van der Waals surface area contributed by atoms with Crippen LogP contribution >= 0.6 is 0 Å². The normalized spacial score (nSPS) is 8.79. The van der Waals surface area contributed by atoms with E-state index >= 15 is 0 Å². The van der Waals surface area contributed by atoms with Gasteiger partial charge in [0, 0.05) is 12.6 Å². The number of ether oxygens (including phenoxy) is 1. The van der Waals surface area contributed by atoms with Crippen molar-refractivity contribution in [3.63, 3.8) is 0 Å². The summed E-state index contributed by atoms with van der Waals surface area (Å²) in [6.45, 7) is 1.91. The molecule has 14 heavy (non-hydrogen) atoms. The number of carbonyl (C=O) groups is 1. The minimum Gasteiger partial charge on any atom is -0.496 e. The Labute approximate surface area is 85.1 Å². The molecular formula is C11H17NO2. The Hall–Kier alpha value is -1.51. The van der Waals surface area contributed by atoms with Crippen LogP contribution in [0.15, 0.2) is 18.2 Å². The highest BCUT2D eigenvalue weighted by Gasteiger charge is 2.05. The summed E-state index contributed by atoms with van der Waals surface area (Å²) in [5.74, 6) is 0.721. The maximum atomic E-state index is 11.2. The molecule has 1 N–H and O–H groups in total. The van der Waals surface area contributed by atoms with E-state index in [0.29, 0.717) is 5.56 Å². The van der Waals surface area contributed by atoms with Crippen molar-refractivity contribution in [2.45, 2.75) is 14.4 Å². The summed E-state index contributed by atoms with van der Waals surface area (Å²) in [6, 6.07) is 5.34. The molecule has 0 spiro atoms. The van der Waals surface area contributed by atoms with Crippen molar-refractivity contribution in [2.75, 3.05) is 14.2 Å². The zero-order valence-electron chi connectivity index (χ0n) is 8.05. The van der Waals surface area contributed by atoms with Crippen LogP contribution in [0.3, 0.4) is 0 Å². The van der Waals surface area contributed by atoms with Crippen LogP contribution in [0.5, 0.6) is 5.75 Å². The minimum absolute atomic E-state index is 0. The first-order valence-electron chi connectivity index (χ1n) is 4.05. The van der Waals surface area contributed by atoms with Gasteiger partial charge in [0.1, 0.15) is 5.75 Å². The SMILES string of the molecule is C.CNC(=O)c1ccc(OC)c(C)c1. The fraction of sp³-hybridized carbons (Fsp3) is 0.364. The Bertz CT molecular complexity index is 321. The summed E-state index contributed by atoms with van der Waals surface area (Å²) in [5.41, 5.74) is 1.62. The molecule has 0 saturated carbocycles. The summed E-state index contributed by atoms with van der Waals surface area (Å²) in [7, 11) is 3.23. The summed E-state index contributed by atoms with van der Waals surface area (Å²) >= 11 is 0. The average molecular weight is 195 g/mol. The van der Waals surface area contributed by atoms with Gasteiger partial charge in [0.25, 0.3) is 5.91 Å². The number of aryl methyl sites for hydroxylation is 1. The summed E-state index contributed by atoms with van der Waals surface area (Å²) in [4.78, 5) is 11.2. The van der Waals surface area contributed by atoms with Crippen LogP contribution in [0.4, 0.5) is 0 Å². The van der Waals surface area contributed by atoms with E-state index in [9.17, 15) is 4.79 Å². The van der Waals surface area contributed by atoms with Gasteiger partial charge in [0.15, 0.2) is 0 Å². The Kier molecular flexibility index (Phi) is 4.70. The van der Waals surface area contributed by atoms with Crippen molar-refractivity contribution in [1.82, 2.24) is 5.32 Å². The lowest BCUT2D eigenvalue weighted by atomic mass is 10.1. The number of hydrogen-bond donors (Lipinski definition) is 1. The van der Waals surface area contributed by atoms with Gasteiger partial charge in [-0.25, -0.2) is 0 Å². The smallest absolute Gasteiger partial charge is 0.251 e. The van der Waals surface area contributed by atoms with Gasteiger partial charge in [-0.05, 0) is 30.7 Å². The van der Waals surface area contributed by atoms with E-state index in [4.69, 9.17) is 4.74 Å². The maximum absolute atomic E-state index is 11.2. The zero-order valence-corrected chi connectivity index (χ0v) is 8.05. The van der Waals surface area contributed by atoms with E-state index in [-0.39, 0.29) is 13.3 Å². The number of methoxy groups -OCH3 is 1. The second-order valence-electron chi connectivity index (χ2n) is 2.76. The summed E-state index contributed by atoms with van der Waals surface area (Å²) < 4.78 is 5.08. The first-order chi connectivity index (χ1) is 6.19. The van der Waals surface area contributed by atoms with E-state index in [1.807, 2.05) is 6.92 Å². The second kappa shape index (κ2) is 5.27. The van der Waals surface area contributed by atoms with Crippen molar-refractivity contribution in [3.8, 4) is 5.75 Å². The van der Waals surface area contributed by atoms with E-state index in [1.165, 1.54) is 0 Å². The van der Waals surface area contributed by atoms with Gasteiger partial charge in [-0.3, -0.25) is 4.79 Å². The monoisotopic (exact) mass is 195 g/mol. The number of benzene rings is 1. The van der Waals surface area contributed by atoms with E-state index < -0.39 is 0 Å². The Balaban J connectivity index is 0.00000169. The molecule has 0 aromatic heterocycles. The lowest BCUT2D eigenvalue weighted by Gasteiger charge is -2.05. The van der Waals surface area contributed by atoms with Gasteiger partial charge in [0.05, 0.1) is 7.11 Å². The molecule has 0 aliphatic heterocycles. The molecule has 0 heterocycles. The van der Waals surface area contributed by atoms with Crippen molar-refractivity contribution < 1.29 is 9.53 Å². The first kappa shape index (κ1) is 12.5. The third-order valence-electron chi connectivity index (χ3n) is 1.88. The Morgan fingerprint density at radius 3 is 2.50 bits per heavy atom. The van der Waals surface area contributed by atoms with Crippen molar-refractivity contribution in [1.29, 1.82) is 0 Å². The van der Waals surface area contributed by atoms with Crippen LogP contribution in [-0.4, -0.2) is 20.1 Å². The third kappa shape index (κ3) is 2.49. The van der Waals surface area contributed by atoms with E-state index in [0.717, 1.165) is 11.3 Å². The Morgan fingerprint density at radius 1 is 1.43 bits per heavy atom. The van der Waals surface area contributed by atoms with Crippen LogP contribution in [0.1, 0.15) is 23.3 Å². The van der Waals surface area contributed by atoms with Crippen LogP contribution in [0.2, 0.25) is 0 Å². The molecule has 3 heteroatoms. The summed E-state index contributed by atoms with van der Waals surface area (Å²) in [5, 5.41) is 2.57. The zero-order chi connectivity index (χ0) is 9.84. The molecule has 0 aliphatic carbocycles. The highest BCUT2D eigenvalue weighted by Crippen LogP contribution is 2.18. The quantitative estimate of drug-likeness (QED) is 0.783. The molecule has 3 nitrogen and oxygen atoms in total. The van der Waals surface area contributed by atoms with Gasteiger partial charge >= 0.3 is 0 Å². The molecule has 1 rings (SSSR count). The Morgan fingerprint density at radius 2 is 2.07 bits per heavy atom. The molecule has 1 amide bonds. The number of nitrogens with one attached hydrogen (secondary N) is 1. The van der Waals surface area contributed by atoms with Gasteiger partial charge < -0.3 is 10.1 Å². The highest BCUT2D eigenvalue weighted by atomic mass is 16.5. The first-order valence-corrected chi connectivity index (χ1v) is 4.05. The van der Waals surface area contributed by atoms with Crippen LogP contribution in [-0.2, 0) is 0 Å². The third-order valence-corrected chi connectivity index (χ3v) is 1.88. The molecule has 0 atom stereocenters. The molecule has 0 fully saturated rings. The fourth-order valence-electron chi connectivity index (χ4n) is 1.16. The molecule has 0 saturated heterocycles. The van der Waals surface area contributed by atoms with Gasteiger partial charge in [-0.15, -0.1) is 0 Å². The second-order valence-corrected chi connectivity index (χ2v) is 2.76. The lowest BCUT2D eigenvalue weighted by molar-refractivity contribution is 0.0963. The van der Waals surface area contributed by atoms with Crippen LogP contribution in [0, 0.1) is 6.92 Å². The largest absolute Gasteiger partial charge is 0.496 e. The standard InChI is InChI=1S/C10H13NO2.CH4/c1-7-6-8(10(12)11-2)4-5-9(7)13-3;/h4-6H,1-3H3,(H,11,12);1H4. The predicted octanol–water partition coefficient (Wildman–Crippen LogP) is 2.00. The minimum atomic E-state index is -0.0780. The molecule has 0 aliphatic rings. The molecule has 0 unspecified atom stereocenters. The van der Waals surface area contributed by atoms with Gasteiger partial charge in [0.2, 0.25) is 0 Å². The molecule has 78 valence electrons. The summed E-state index contributed by atoms with van der Waals surface area (Å²) in [6.07, 6.45) is 0. The van der Waals surface area contributed by atoms with E-state index in [1.54, 1.807) is 32.4 Å². The van der Waals surface area contributed by atoms with Crippen molar-refractivity contribution in [2.24, 2.45) is 0 Å². The molecule has 1 aromatic carbocycles. The fourth-order valence-corrected chi connectivity index (χ4v) is 1.16. The number of carbonyl (C=O) groups excluding carboxylic acids is 1. The predicted molar refractivity (Wildman–Crippen MR) is 57.9 cm³/mol. The number of hydrogen-bond acceptors (Lipinski definition) is 2. The van der Waals surface area contributed by atoms with Crippen molar-refractivity contribution >= 4 is 5.91 Å². The number of amides is 1. The topological polar surface area (TPSA) is 38.3 Å². The highest BCUT2D eigenvalue weighted by molar-refractivity contribution is 5.94. The lowest BCUT2D eigenvalue weighted by Crippen LogP contribution is -2.17. The average Bonchev–Trinajstić information content (AvgIpc) is 2.16. The molecular weight excluding hydrogens is 178 g/mol. The molecule has 0 bridgehead atoms. The number of rotatable bonds is 2. The van der Waals surface area contributed by atoms with E-state index in [2.05, 4.69) is 5.32 Å².